The number of amides is 1. The van der Waals surface area contributed by atoms with Gasteiger partial charge in [-0.05, 0) is 48.5 Å². The molecule has 0 aromatic rings. The summed E-state index contributed by atoms with van der Waals surface area (Å²) in [5, 5.41) is 2.68. The van der Waals surface area contributed by atoms with E-state index in [4.69, 9.17) is 14.0 Å². The number of halogens is 1. The Hall–Kier alpha value is -1.34. The van der Waals surface area contributed by atoms with Crippen molar-refractivity contribution in [3.8, 4) is 0 Å². The lowest BCUT2D eigenvalue weighted by molar-refractivity contribution is 0.00578. The molecule has 1 atom stereocenters. The maximum absolute atomic E-state index is 14.6. The second kappa shape index (κ2) is 6.76. The largest absolute Gasteiger partial charge is 0.497 e. The van der Waals surface area contributed by atoms with Crippen molar-refractivity contribution >= 4 is 13.2 Å². The molecular weight excluding hydrogens is 324 g/mol. The Bertz CT molecular complexity index is 576. The number of hydrogen-bond acceptors (Lipinski definition) is 4. The molecule has 0 bridgehead atoms. The molecule has 0 radical (unpaired) electrons. The summed E-state index contributed by atoms with van der Waals surface area (Å²) in [6.07, 6.45) is 3.27. The third kappa shape index (κ3) is 4.85. The van der Waals surface area contributed by atoms with Gasteiger partial charge in [-0.15, -0.1) is 0 Å². The Morgan fingerprint density at radius 2 is 1.88 bits per heavy atom. The minimum Gasteiger partial charge on any atom is -0.444 e. The quantitative estimate of drug-likeness (QED) is 0.781. The lowest BCUT2D eigenvalue weighted by Crippen LogP contribution is -2.41. The molecule has 1 amide bonds. The highest BCUT2D eigenvalue weighted by atomic mass is 19.1. The number of allylic oxidation sites excluding steroid dienone is 3. The Balaban J connectivity index is 1.92. The average Bonchev–Trinajstić information content (AvgIpc) is 2.63. The monoisotopic (exact) mass is 353 g/mol. The van der Waals surface area contributed by atoms with Crippen LogP contribution in [0.1, 0.15) is 54.9 Å². The maximum Gasteiger partial charge on any atom is 0.497 e. The Labute approximate surface area is 150 Å². The van der Waals surface area contributed by atoms with Gasteiger partial charge in [-0.1, -0.05) is 12.2 Å². The molecule has 1 unspecified atom stereocenters. The van der Waals surface area contributed by atoms with Gasteiger partial charge in [-0.25, -0.2) is 9.18 Å². The number of carbonyl (C=O) groups is 1. The van der Waals surface area contributed by atoms with Crippen LogP contribution < -0.4 is 5.32 Å². The summed E-state index contributed by atoms with van der Waals surface area (Å²) in [7, 11) is -0.707. The molecule has 2 rings (SSSR count). The Morgan fingerprint density at radius 1 is 1.32 bits per heavy atom. The molecule has 0 saturated carbocycles. The number of carbonyl (C=O) groups excluding carboxylic acids is 1. The van der Waals surface area contributed by atoms with E-state index in [1.165, 1.54) is 0 Å². The second-order valence-electron chi connectivity index (χ2n) is 8.65. The standard InChI is InChI=1S/C18H29BFNO4/c1-16(2,3)23-15(22)21-11-12-8-9-13(14(20)10-12)19-24-17(4,5)18(6,7)25-19/h8-9,12H,10-11H2,1-7H3,(H,21,22). The summed E-state index contributed by atoms with van der Waals surface area (Å²) < 4.78 is 31.6. The topological polar surface area (TPSA) is 56.8 Å². The average molecular weight is 353 g/mol. The third-order valence-electron chi connectivity index (χ3n) is 4.72. The van der Waals surface area contributed by atoms with Crippen molar-refractivity contribution in [1.82, 2.24) is 5.32 Å². The van der Waals surface area contributed by atoms with Crippen molar-refractivity contribution in [2.45, 2.75) is 71.7 Å². The molecule has 2 aliphatic rings. The number of ether oxygens (including phenoxy) is 1. The molecule has 1 N–H and O–H groups in total. The van der Waals surface area contributed by atoms with E-state index in [-0.39, 0.29) is 18.2 Å². The van der Waals surface area contributed by atoms with Crippen molar-refractivity contribution in [2.75, 3.05) is 6.54 Å². The lowest BCUT2D eigenvalue weighted by Gasteiger charge is -2.32. The predicted molar refractivity (Wildman–Crippen MR) is 95.7 cm³/mol. The normalized spacial score (nSPS) is 25.3. The fourth-order valence-corrected chi connectivity index (χ4v) is 2.59. The first-order chi connectivity index (χ1) is 11.3. The minimum absolute atomic E-state index is 0.126. The smallest absolute Gasteiger partial charge is 0.444 e. The van der Waals surface area contributed by atoms with Crippen molar-refractivity contribution in [3.63, 3.8) is 0 Å². The molecule has 1 aliphatic carbocycles. The van der Waals surface area contributed by atoms with Gasteiger partial charge < -0.3 is 19.4 Å². The Morgan fingerprint density at radius 3 is 2.36 bits per heavy atom. The first-order valence-electron chi connectivity index (χ1n) is 8.70. The second-order valence-corrected chi connectivity index (χ2v) is 8.65. The molecule has 1 saturated heterocycles. The maximum atomic E-state index is 14.6. The molecule has 140 valence electrons. The molecular formula is C18H29BFNO4. The van der Waals surface area contributed by atoms with E-state index in [0.29, 0.717) is 12.0 Å². The van der Waals surface area contributed by atoms with Crippen LogP contribution in [0.15, 0.2) is 23.5 Å². The van der Waals surface area contributed by atoms with Crippen LogP contribution in [-0.2, 0) is 14.0 Å². The molecule has 5 nitrogen and oxygen atoms in total. The van der Waals surface area contributed by atoms with Crippen LogP contribution in [0.5, 0.6) is 0 Å². The van der Waals surface area contributed by atoms with E-state index < -0.39 is 30.0 Å². The lowest BCUT2D eigenvalue weighted by atomic mass is 9.73. The predicted octanol–water partition coefficient (Wildman–Crippen LogP) is 3.94. The zero-order valence-electron chi connectivity index (χ0n) is 16.2. The molecule has 0 aromatic heterocycles. The van der Waals surface area contributed by atoms with Crippen LogP contribution in [0.2, 0.25) is 0 Å². The summed E-state index contributed by atoms with van der Waals surface area (Å²) in [5.41, 5.74) is -1.14. The summed E-state index contributed by atoms with van der Waals surface area (Å²) in [6.45, 7) is 13.5. The van der Waals surface area contributed by atoms with E-state index in [9.17, 15) is 9.18 Å². The number of nitrogens with one attached hydrogen (secondary N) is 1. The van der Waals surface area contributed by atoms with Gasteiger partial charge in [0.2, 0.25) is 0 Å². The van der Waals surface area contributed by atoms with Crippen LogP contribution in [0, 0.1) is 5.92 Å². The van der Waals surface area contributed by atoms with Crippen LogP contribution in [0.4, 0.5) is 9.18 Å². The Kier molecular flexibility index (Phi) is 5.40. The molecule has 1 heterocycles. The molecule has 25 heavy (non-hydrogen) atoms. The van der Waals surface area contributed by atoms with Gasteiger partial charge in [0.25, 0.3) is 0 Å². The van der Waals surface area contributed by atoms with E-state index in [0.717, 1.165) is 0 Å². The zero-order chi connectivity index (χ0) is 19.0. The van der Waals surface area contributed by atoms with Gasteiger partial charge in [0, 0.05) is 24.4 Å². The van der Waals surface area contributed by atoms with Crippen LogP contribution >= 0.6 is 0 Å². The number of alkyl carbamates (subject to hydrolysis) is 1. The highest BCUT2D eigenvalue weighted by molar-refractivity contribution is 6.55. The number of hydrogen-bond donors (Lipinski definition) is 1. The van der Waals surface area contributed by atoms with E-state index in [1.807, 2.05) is 33.8 Å². The van der Waals surface area contributed by atoms with Crippen molar-refractivity contribution < 1.29 is 23.2 Å². The van der Waals surface area contributed by atoms with Gasteiger partial charge >= 0.3 is 13.2 Å². The highest BCUT2D eigenvalue weighted by Gasteiger charge is 2.53. The highest BCUT2D eigenvalue weighted by Crippen LogP contribution is 2.40. The van der Waals surface area contributed by atoms with Crippen LogP contribution in [0.3, 0.4) is 0 Å². The summed E-state index contributed by atoms with van der Waals surface area (Å²) >= 11 is 0. The zero-order valence-corrected chi connectivity index (χ0v) is 16.2. The van der Waals surface area contributed by atoms with Gasteiger partial charge in [0.1, 0.15) is 11.4 Å². The van der Waals surface area contributed by atoms with Gasteiger partial charge in [-0.3, -0.25) is 0 Å². The summed E-state index contributed by atoms with van der Waals surface area (Å²) in [5.74, 6) is -0.393. The van der Waals surface area contributed by atoms with Gasteiger partial charge in [0.05, 0.1) is 11.2 Å². The van der Waals surface area contributed by atoms with Crippen LogP contribution in [-0.4, -0.2) is 36.6 Å². The van der Waals surface area contributed by atoms with Crippen molar-refractivity contribution in [1.29, 1.82) is 0 Å². The third-order valence-corrected chi connectivity index (χ3v) is 4.72. The fraction of sp³-hybridized carbons (Fsp3) is 0.722. The molecule has 0 aromatic carbocycles. The first-order valence-corrected chi connectivity index (χ1v) is 8.70. The van der Waals surface area contributed by atoms with Crippen molar-refractivity contribution in [3.05, 3.63) is 23.5 Å². The number of rotatable bonds is 3. The van der Waals surface area contributed by atoms with E-state index in [2.05, 4.69) is 5.32 Å². The van der Waals surface area contributed by atoms with Crippen molar-refractivity contribution in [2.24, 2.45) is 5.92 Å². The minimum atomic E-state index is -0.707. The molecule has 1 aliphatic heterocycles. The van der Waals surface area contributed by atoms with E-state index in [1.54, 1.807) is 26.8 Å². The molecule has 0 spiro atoms. The first kappa shape index (κ1) is 20.0. The molecule has 1 fully saturated rings. The van der Waals surface area contributed by atoms with Gasteiger partial charge in [-0.2, -0.15) is 0 Å². The molecule has 7 heteroatoms. The van der Waals surface area contributed by atoms with Gasteiger partial charge in [0.15, 0.2) is 0 Å². The van der Waals surface area contributed by atoms with Crippen LogP contribution in [0.25, 0.3) is 0 Å². The summed E-state index contributed by atoms with van der Waals surface area (Å²) in [6, 6.07) is 0. The summed E-state index contributed by atoms with van der Waals surface area (Å²) in [4.78, 5) is 11.7. The fourth-order valence-electron chi connectivity index (χ4n) is 2.59. The SMILES string of the molecule is CC(C)(C)OC(=O)NCC1C=CC(B2OC(C)(C)C(C)(C)O2)=C(F)C1. The van der Waals surface area contributed by atoms with E-state index >= 15 is 0 Å².